The van der Waals surface area contributed by atoms with Gasteiger partial charge in [-0.1, -0.05) is 17.7 Å². The summed E-state index contributed by atoms with van der Waals surface area (Å²) in [6.45, 7) is 4.50. The van der Waals surface area contributed by atoms with Crippen molar-refractivity contribution in [3.05, 3.63) is 28.8 Å². The number of rotatable bonds is 1. The van der Waals surface area contributed by atoms with Crippen molar-refractivity contribution in [2.24, 2.45) is 0 Å². The Hall–Kier alpha value is -0.730. The van der Waals surface area contributed by atoms with Gasteiger partial charge in [0, 0.05) is 35.8 Å². The van der Waals surface area contributed by atoms with Crippen molar-refractivity contribution in [2.75, 3.05) is 18.5 Å². The number of nitrogens with zero attached hydrogens (tertiary/aromatic N) is 1. The lowest BCUT2D eigenvalue weighted by Crippen LogP contribution is -2.32. The molecular weight excluding hydrogens is 210 g/mol. The number of fused-ring (bicyclic) bond motifs is 1. The van der Waals surface area contributed by atoms with Crippen LogP contribution in [0.3, 0.4) is 0 Å². The van der Waals surface area contributed by atoms with Gasteiger partial charge in [-0.3, -0.25) is 0 Å². The average molecular weight is 226 g/mol. The molecule has 1 aliphatic heterocycles. The van der Waals surface area contributed by atoms with Crippen LogP contribution < -0.4 is 4.90 Å². The van der Waals surface area contributed by atoms with Crippen LogP contribution >= 0.6 is 11.6 Å². The number of benzene rings is 1. The Bertz CT molecular complexity index is 384. The smallest absolute Gasteiger partial charge is 0.0678 e. The molecule has 0 saturated carbocycles. The number of likely N-dealkylation sites (N-methyl/N-ethyl adjacent to an activating group) is 1. The van der Waals surface area contributed by atoms with Crippen molar-refractivity contribution < 1.29 is 5.11 Å². The second-order valence-corrected chi connectivity index (χ2v) is 5.17. The molecule has 0 aliphatic carbocycles. The molecule has 2 rings (SSSR count). The number of aliphatic hydroxyl groups is 1. The van der Waals surface area contributed by atoms with Gasteiger partial charge in [0.05, 0.1) is 5.60 Å². The predicted octanol–water partition coefficient (Wildman–Crippen LogP) is 2.64. The molecule has 1 heterocycles. The van der Waals surface area contributed by atoms with Gasteiger partial charge in [-0.2, -0.15) is 0 Å². The van der Waals surface area contributed by atoms with Crippen molar-refractivity contribution in [1.82, 2.24) is 0 Å². The van der Waals surface area contributed by atoms with Gasteiger partial charge in [-0.05, 0) is 26.0 Å². The summed E-state index contributed by atoms with van der Waals surface area (Å²) in [6, 6.07) is 5.88. The van der Waals surface area contributed by atoms with Crippen molar-refractivity contribution in [2.45, 2.75) is 25.4 Å². The zero-order chi connectivity index (χ0) is 11.2. The maximum absolute atomic E-state index is 10.1. The van der Waals surface area contributed by atoms with Crippen LogP contribution in [0.1, 0.15) is 25.3 Å². The van der Waals surface area contributed by atoms with Crippen molar-refractivity contribution >= 4 is 17.3 Å². The molecule has 0 amide bonds. The molecule has 3 heteroatoms. The fourth-order valence-electron chi connectivity index (χ4n) is 2.24. The van der Waals surface area contributed by atoms with E-state index in [1.807, 2.05) is 39.1 Å². The van der Waals surface area contributed by atoms with Crippen LogP contribution in [-0.2, 0) is 0 Å². The summed E-state index contributed by atoms with van der Waals surface area (Å²) in [7, 11) is 2.03. The Morgan fingerprint density at radius 3 is 2.73 bits per heavy atom. The summed E-state index contributed by atoms with van der Waals surface area (Å²) >= 11 is 6.20. The third kappa shape index (κ3) is 1.72. The fraction of sp³-hybridized carbons (Fsp3) is 0.500. The highest BCUT2D eigenvalue weighted by molar-refractivity contribution is 6.32. The van der Waals surface area contributed by atoms with Gasteiger partial charge in [0.15, 0.2) is 0 Å². The van der Waals surface area contributed by atoms with Crippen molar-refractivity contribution in [3.8, 4) is 0 Å². The van der Waals surface area contributed by atoms with Crippen LogP contribution in [0, 0.1) is 0 Å². The molecule has 0 spiro atoms. The maximum atomic E-state index is 10.1. The minimum Gasteiger partial charge on any atom is -0.390 e. The zero-order valence-corrected chi connectivity index (χ0v) is 10.0. The van der Waals surface area contributed by atoms with E-state index >= 15 is 0 Å². The molecule has 1 aromatic carbocycles. The van der Waals surface area contributed by atoms with Gasteiger partial charge in [0.25, 0.3) is 0 Å². The van der Waals surface area contributed by atoms with Crippen LogP contribution in [0.15, 0.2) is 18.2 Å². The molecule has 1 aromatic rings. The summed E-state index contributed by atoms with van der Waals surface area (Å²) in [5.41, 5.74) is 1.48. The van der Waals surface area contributed by atoms with E-state index in [0.29, 0.717) is 0 Å². The molecule has 0 radical (unpaired) electrons. The minimum atomic E-state index is -0.732. The Morgan fingerprint density at radius 2 is 2.13 bits per heavy atom. The summed E-state index contributed by atoms with van der Waals surface area (Å²) in [5, 5.41) is 10.9. The summed E-state index contributed by atoms with van der Waals surface area (Å²) in [4.78, 5) is 2.14. The Labute approximate surface area is 95.5 Å². The molecule has 0 saturated heterocycles. The van der Waals surface area contributed by atoms with Crippen LogP contribution in [0.5, 0.6) is 0 Å². The van der Waals surface area contributed by atoms with Gasteiger partial charge in [0.2, 0.25) is 0 Å². The first kappa shape index (κ1) is 10.8. The van der Waals surface area contributed by atoms with E-state index in [1.165, 1.54) is 0 Å². The van der Waals surface area contributed by atoms with E-state index in [1.54, 1.807) is 0 Å². The number of hydrogen-bond acceptors (Lipinski definition) is 2. The lowest BCUT2D eigenvalue weighted by Gasteiger charge is -2.26. The highest BCUT2D eigenvalue weighted by Gasteiger charge is 2.37. The first-order chi connectivity index (χ1) is 6.91. The molecule has 2 nitrogen and oxygen atoms in total. The van der Waals surface area contributed by atoms with Gasteiger partial charge in [-0.25, -0.2) is 0 Å². The van der Waals surface area contributed by atoms with Crippen LogP contribution in [-0.4, -0.2) is 24.3 Å². The predicted molar refractivity (Wildman–Crippen MR) is 63.8 cm³/mol. The maximum Gasteiger partial charge on any atom is 0.0678 e. The van der Waals surface area contributed by atoms with E-state index in [4.69, 9.17) is 11.6 Å². The molecule has 15 heavy (non-hydrogen) atoms. The standard InChI is InChI=1S/C12H16ClNO/c1-12(2,15)8-7-14(3)10-6-4-5-9(13)11(8)10/h4-6,8,15H,7H2,1-3H3. The highest BCUT2D eigenvalue weighted by Crippen LogP contribution is 2.44. The zero-order valence-electron chi connectivity index (χ0n) is 9.29. The normalized spacial score (nSPS) is 20.6. The summed E-state index contributed by atoms with van der Waals surface area (Å²) in [6.07, 6.45) is 0. The molecule has 0 fully saturated rings. The van der Waals surface area contributed by atoms with E-state index in [2.05, 4.69) is 4.90 Å². The van der Waals surface area contributed by atoms with Crippen molar-refractivity contribution in [1.29, 1.82) is 0 Å². The Kier molecular flexibility index (Phi) is 2.44. The Balaban J connectivity index is 2.54. The van der Waals surface area contributed by atoms with E-state index in [9.17, 15) is 5.11 Å². The third-order valence-electron chi connectivity index (χ3n) is 3.10. The Morgan fingerprint density at radius 1 is 1.47 bits per heavy atom. The van der Waals surface area contributed by atoms with Gasteiger partial charge in [0.1, 0.15) is 0 Å². The van der Waals surface area contributed by atoms with E-state index in [0.717, 1.165) is 22.8 Å². The monoisotopic (exact) mass is 225 g/mol. The van der Waals surface area contributed by atoms with Crippen LogP contribution in [0.4, 0.5) is 5.69 Å². The number of hydrogen-bond donors (Lipinski definition) is 1. The van der Waals surface area contributed by atoms with Crippen LogP contribution in [0.25, 0.3) is 0 Å². The molecule has 0 aromatic heterocycles. The lowest BCUT2D eigenvalue weighted by atomic mass is 9.86. The first-order valence-corrected chi connectivity index (χ1v) is 5.51. The quantitative estimate of drug-likeness (QED) is 0.795. The van der Waals surface area contributed by atoms with E-state index in [-0.39, 0.29) is 5.92 Å². The van der Waals surface area contributed by atoms with Crippen molar-refractivity contribution in [3.63, 3.8) is 0 Å². The first-order valence-electron chi connectivity index (χ1n) is 5.13. The lowest BCUT2D eigenvalue weighted by molar-refractivity contribution is 0.0551. The van der Waals surface area contributed by atoms with Gasteiger partial charge < -0.3 is 10.0 Å². The molecule has 1 atom stereocenters. The summed E-state index contributed by atoms with van der Waals surface area (Å²) in [5.74, 6) is 0.0891. The molecular formula is C12H16ClNO. The largest absolute Gasteiger partial charge is 0.390 e. The fourth-order valence-corrected chi connectivity index (χ4v) is 2.54. The highest BCUT2D eigenvalue weighted by atomic mass is 35.5. The van der Waals surface area contributed by atoms with Gasteiger partial charge >= 0.3 is 0 Å². The number of anilines is 1. The average Bonchev–Trinajstić information content (AvgIpc) is 2.45. The molecule has 82 valence electrons. The number of halogens is 1. The molecule has 1 aliphatic rings. The second-order valence-electron chi connectivity index (χ2n) is 4.76. The molecule has 1 N–H and O–H groups in total. The molecule has 0 bridgehead atoms. The minimum absolute atomic E-state index is 0.0891. The molecule has 1 unspecified atom stereocenters. The topological polar surface area (TPSA) is 23.5 Å². The van der Waals surface area contributed by atoms with Gasteiger partial charge in [-0.15, -0.1) is 0 Å². The second kappa shape index (κ2) is 3.39. The SMILES string of the molecule is CN1CC(C(C)(C)O)c2c(Cl)cccc21. The van der Waals surface area contributed by atoms with E-state index < -0.39 is 5.60 Å². The van der Waals surface area contributed by atoms with Crippen LogP contribution in [0.2, 0.25) is 5.02 Å². The summed E-state index contributed by atoms with van der Waals surface area (Å²) < 4.78 is 0. The third-order valence-corrected chi connectivity index (χ3v) is 3.43.